The van der Waals surface area contributed by atoms with Crippen molar-refractivity contribution in [1.82, 2.24) is 10.2 Å². The summed E-state index contributed by atoms with van der Waals surface area (Å²) in [6.07, 6.45) is 3.11. The normalized spacial score (nSPS) is 18.9. The van der Waals surface area contributed by atoms with Gasteiger partial charge in [-0.1, -0.05) is 6.92 Å². The number of amides is 1. The van der Waals surface area contributed by atoms with E-state index in [0.717, 1.165) is 52.1 Å². The Bertz CT molecular complexity index is 218. The van der Waals surface area contributed by atoms with Gasteiger partial charge in [0.1, 0.15) is 0 Å². The molecule has 0 aromatic carbocycles. The maximum Gasteiger partial charge on any atom is 0.233 e. The van der Waals surface area contributed by atoms with Crippen molar-refractivity contribution in [1.29, 1.82) is 0 Å². The second kappa shape index (κ2) is 8.44. The molecule has 1 fully saturated rings. The van der Waals surface area contributed by atoms with Crippen molar-refractivity contribution in [2.24, 2.45) is 5.73 Å². The van der Waals surface area contributed by atoms with Crippen LogP contribution in [-0.2, 0) is 9.53 Å². The van der Waals surface area contributed by atoms with Crippen molar-refractivity contribution in [3.05, 3.63) is 0 Å². The predicted octanol–water partition coefficient (Wildman–Crippen LogP) is -0.0477. The molecule has 1 aliphatic heterocycles. The summed E-state index contributed by atoms with van der Waals surface area (Å²) in [6, 6.07) is 0.270. The number of hydrogen-bond acceptors (Lipinski definition) is 4. The van der Waals surface area contributed by atoms with Crippen molar-refractivity contribution < 1.29 is 9.53 Å². The highest BCUT2D eigenvalue weighted by Gasteiger charge is 2.12. The molecule has 0 radical (unpaired) electrons. The SMILES string of the molecule is CCC(CCCN1CCOCC1)NC(=O)CN. The molecule has 100 valence electrons. The van der Waals surface area contributed by atoms with Crippen LogP contribution in [-0.4, -0.2) is 56.2 Å². The molecule has 1 rings (SSSR count). The molecule has 1 unspecified atom stereocenters. The van der Waals surface area contributed by atoms with Crippen LogP contribution in [0.1, 0.15) is 26.2 Å². The average molecular weight is 243 g/mol. The molecule has 0 aromatic heterocycles. The van der Waals surface area contributed by atoms with Crippen molar-refractivity contribution in [2.45, 2.75) is 32.2 Å². The summed E-state index contributed by atoms with van der Waals surface area (Å²) in [5.41, 5.74) is 5.29. The first-order valence-electron chi connectivity index (χ1n) is 6.55. The Labute approximate surface area is 104 Å². The van der Waals surface area contributed by atoms with E-state index in [1.165, 1.54) is 0 Å². The van der Waals surface area contributed by atoms with Gasteiger partial charge < -0.3 is 15.8 Å². The summed E-state index contributed by atoms with van der Waals surface area (Å²) in [7, 11) is 0. The zero-order valence-electron chi connectivity index (χ0n) is 10.8. The average Bonchev–Trinajstić information content (AvgIpc) is 2.38. The number of rotatable bonds is 7. The van der Waals surface area contributed by atoms with Gasteiger partial charge in [0.05, 0.1) is 19.8 Å². The lowest BCUT2D eigenvalue weighted by molar-refractivity contribution is -0.120. The Morgan fingerprint density at radius 3 is 2.76 bits per heavy atom. The van der Waals surface area contributed by atoms with E-state index in [1.807, 2.05) is 0 Å². The highest BCUT2D eigenvalue weighted by Crippen LogP contribution is 2.05. The number of ether oxygens (including phenoxy) is 1. The minimum absolute atomic E-state index is 0.0526. The molecule has 1 amide bonds. The number of carbonyl (C=O) groups excluding carboxylic acids is 1. The first-order valence-corrected chi connectivity index (χ1v) is 6.55. The third kappa shape index (κ3) is 6.00. The van der Waals surface area contributed by atoms with Crippen molar-refractivity contribution in [3.63, 3.8) is 0 Å². The monoisotopic (exact) mass is 243 g/mol. The first-order chi connectivity index (χ1) is 8.26. The quantitative estimate of drug-likeness (QED) is 0.658. The molecule has 1 atom stereocenters. The number of nitrogens with one attached hydrogen (secondary N) is 1. The molecule has 1 aliphatic rings. The molecule has 1 saturated heterocycles. The van der Waals surface area contributed by atoms with Gasteiger partial charge in [-0.3, -0.25) is 9.69 Å². The van der Waals surface area contributed by atoms with Crippen LogP contribution in [0, 0.1) is 0 Å². The summed E-state index contributed by atoms with van der Waals surface area (Å²) >= 11 is 0. The van der Waals surface area contributed by atoms with Gasteiger partial charge >= 0.3 is 0 Å². The van der Waals surface area contributed by atoms with Gasteiger partial charge in [-0.2, -0.15) is 0 Å². The van der Waals surface area contributed by atoms with Gasteiger partial charge in [0.15, 0.2) is 0 Å². The summed E-state index contributed by atoms with van der Waals surface area (Å²) < 4.78 is 5.30. The van der Waals surface area contributed by atoms with Crippen LogP contribution >= 0.6 is 0 Å². The minimum atomic E-state index is -0.0526. The van der Waals surface area contributed by atoms with Crippen LogP contribution in [0.4, 0.5) is 0 Å². The number of hydrogen-bond donors (Lipinski definition) is 2. The molecule has 5 heteroatoms. The van der Waals surface area contributed by atoms with E-state index in [0.29, 0.717) is 0 Å². The van der Waals surface area contributed by atoms with Crippen LogP contribution in [0.5, 0.6) is 0 Å². The van der Waals surface area contributed by atoms with Gasteiger partial charge in [0, 0.05) is 19.1 Å². The molecular weight excluding hydrogens is 218 g/mol. The van der Waals surface area contributed by atoms with E-state index in [2.05, 4.69) is 17.1 Å². The van der Waals surface area contributed by atoms with E-state index in [9.17, 15) is 4.79 Å². The highest BCUT2D eigenvalue weighted by atomic mass is 16.5. The third-order valence-electron chi connectivity index (χ3n) is 3.17. The molecule has 0 saturated carbocycles. The molecule has 0 bridgehead atoms. The van der Waals surface area contributed by atoms with Crippen LogP contribution < -0.4 is 11.1 Å². The molecular formula is C12H25N3O2. The largest absolute Gasteiger partial charge is 0.379 e. The molecule has 3 N–H and O–H groups in total. The Morgan fingerprint density at radius 2 is 2.18 bits per heavy atom. The Hall–Kier alpha value is -0.650. The zero-order valence-corrected chi connectivity index (χ0v) is 10.8. The maximum absolute atomic E-state index is 11.2. The van der Waals surface area contributed by atoms with Crippen molar-refractivity contribution in [2.75, 3.05) is 39.4 Å². The number of nitrogens with zero attached hydrogens (tertiary/aromatic N) is 1. The second-order valence-electron chi connectivity index (χ2n) is 4.47. The standard InChI is InChI=1S/C12H25N3O2/c1-2-11(14-12(16)10-13)4-3-5-15-6-8-17-9-7-15/h11H,2-10,13H2,1H3,(H,14,16). The topological polar surface area (TPSA) is 67.6 Å². The van der Waals surface area contributed by atoms with E-state index in [4.69, 9.17) is 10.5 Å². The molecule has 0 aliphatic carbocycles. The summed E-state index contributed by atoms with van der Waals surface area (Å²) in [5.74, 6) is -0.0526. The third-order valence-corrected chi connectivity index (χ3v) is 3.17. The van der Waals surface area contributed by atoms with Crippen molar-refractivity contribution in [3.8, 4) is 0 Å². The van der Waals surface area contributed by atoms with Crippen LogP contribution in [0.2, 0.25) is 0 Å². The molecule has 0 spiro atoms. The Kier molecular flexibility index (Phi) is 7.16. The van der Waals surface area contributed by atoms with Gasteiger partial charge in [-0.15, -0.1) is 0 Å². The lowest BCUT2D eigenvalue weighted by Gasteiger charge is -2.27. The van der Waals surface area contributed by atoms with Crippen LogP contribution in [0.3, 0.4) is 0 Å². The van der Waals surface area contributed by atoms with Gasteiger partial charge in [-0.25, -0.2) is 0 Å². The molecule has 5 nitrogen and oxygen atoms in total. The Morgan fingerprint density at radius 1 is 1.47 bits per heavy atom. The number of nitrogens with two attached hydrogens (primary N) is 1. The maximum atomic E-state index is 11.2. The van der Waals surface area contributed by atoms with E-state index in [-0.39, 0.29) is 18.5 Å². The summed E-state index contributed by atoms with van der Waals surface area (Å²) in [6.45, 7) is 7.04. The van der Waals surface area contributed by atoms with Crippen LogP contribution in [0.25, 0.3) is 0 Å². The van der Waals surface area contributed by atoms with E-state index in [1.54, 1.807) is 0 Å². The van der Waals surface area contributed by atoms with Crippen LogP contribution in [0.15, 0.2) is 0 Å². The number of morpholine rings is 1. The molecule has 1 heterocycles. The fraction of sp³-hybridized carbons (Fsp3) is 0.917. The number of carbonyl (C=O) groups is 1. The summed E-state index contributed by atoms with van der Waals surface area (Å²) in [5, 5.41) is 2.95. The predicted molar refractivity (Wildman–Crippen MR) is 67.8 cm³/mol. The second-order valence-corrected chi connectivity index (χ2v) is 4.47. The lowest BCUT2D eigenvalue weighted by Crippen LogP contribution is -2.40. The zero-order chi connectivity index (χ0) is 12.5. The highest BCUT2D eigenvalue weighted by molar-refractivity contribution is 5.78. The lowest BCUT2D eigenvalue weighted by atomic mass is 10.1. The van der Waals surface area contributed by atoms with Gasteiger partial charge in [0.25, 0.3) is 0 Å². The summed E-state index contributed by atoms with van der Waals surface area (Å²) in [4.78, 5) is 13.6. The fourth-order valence-electron chi connectivity index (χ4n) is 2.05. The van der Waals surface area contributed by atoms with Gasteiger partial charge in [0.2, 0.25) is 5.91 Å². The van der Waals surface area contributed by atoms with Crippen molar-refractivity contribution >= 4 is 5.91 Å². The smallest absolute Gasteiger partial charge is 0.233 e. The van der Waals surface area contributed by atoms with Gasteiger partial charge in [-0.05, 0) is 25.8 Å². The molecule has 17 heavy (non-hydrogen) atoms. The molecule has 0 aromatic rings. The minimum Gasteiger partial charge on any atom is -0.379 e. The fourth-order valence-corrected chi connectivity index (χ4v) is 2.05. The Balaban J connectivity index is 2.11. The van der Waals surface area contributed by atoms with E-state index >= 15 is 0 Å². The first kappa shape index (κ1) is 14.4. The van der Waals surface area contributed by atoms with E-state index < -0.39 is 0 Å².